The minimum atomic E-state index is -0.484. The normalized spacial score (nSPS) is 11.3. The number of nitrogens with one attached hydrogen (secondary N) is 2. The number of ether oxygens (including phenoxy) is 2. The molecule has 1 atom stereocenters. The van der Waals surface area contributed by atoms with Gasteiger partial charge in [0.1, 0.15) is 11.5 Å². The maximum atomic E-state index is 12.2. The van der Waals surface area contributed by atoms with Crippen molar-refractivity contribution in [1.29, 1.82) is 0 Å². The maximum absolute atomic E-state index is 12.2. The Bertz CT molecular complexity index is 794. The predicted octanol–water partition coefficient (Wildman–Crippen LogP) is 2.90. The van der Waals surface area contributed by atoms with Crippen molar-refractivity contribution in [1.82, 2.24) is 5.32 Å². The third kappa shape index (κ3) is 4.85. The number of nitro groups is 1. The monoisotopic (exact) mass is 359 g/mol. The summed E-state index contributed by atoms with van der Waals surface area (Å²) in [5.41, 5.74) is 1.25. The number of carbonyl (C=O) groups is 1. The maximum Gasteiger partial charge on any atom is 0.271 e. The first-order chi connectivity index (χ1) is 12.4. The van der Waals surface area contributed by atoms with Gasteiger partial charge in [-0.15, -0.1) is 0 Å². The summed E-state index contributed by atoms with van der Waals surface area (Å²) < 4.78 is 10.5. The molecule has 1 amide bonds. The molecule has 0 aromatic heterocycles. The summed E-state index contributed by atoms with van der Waals surface area (Å²) in [6, 6.07) is 11.0. The zero-order valence-corrected chi connectivity index (χ0v) is 14.8. The van der Waals surface area contributed by atoms with Gasteiger partial charge < -0.3 is 20.1 Å². The Labute approximate surface area is 151 Å². The molecular weight excluding hydrogens is 338 g/mol. The molecule has 0 aliphatic rings. The van der Waals surface area contributed by atoms with Crippen LogP contribution in [0.3, 0.4) is 0 Å². The molecule has 2 rings (SSSR count). The van der Waals surface area contributed by atoms with Crippen LogP contribution in [0.1, 0.15) is 18.5 Å². The average Bonchev–Trinajstić information content (AvgIpc) is 2.65. The van der Waals surface area contributed by atoms with Crippen molar-refractivity contribution in [3.8, 4) is 11.5 Å². The van der Waals surface area contributed by atoms with Gasteiger partial charge in [0.2, 0.25) is 5.91 Å². The molecule has 0 unspecified atom stereocenters. The molecular formula is C18H21N3O5. The first-order valence-corrected chi connectivity index (χ1v) is 7.94. The molecule has 2 aromatic carbocycles. The van der Waals surface area contributed by atoms with Crippen molar-refractivity contribution in [2.24, 2.45) is 0 Å². The summed E-state index contributed by atoms with van der Waals surface area (Å²) in [4.78, 5) is 22.5. The first kappa shape index (κ1) is 19.0. The number of anilines is 1. The van der Waals surface area contributed by atoms with E-state index < -0.39 is 4.92 Å². The van der Waals surface area contributed by atoms with Crippen molar-refractivity contribution >= 4 is 17.3 Å². The molecule has 0 heterocycles. The van der Waals surface area contributed by atoms with Crippen LogP contribution in [0.25, 0.3) is 0 Å². The fourth-order valence-electron chi connectivity index (χ4n) is 2.46. The van der Waals surface area contributed by atoms with Gasteiger partial charge in [-0.3, -0.25) is 14.9 Å². The number of methoxy groups -OCH3 is 2. The fraction of sp³-hybridized carbons (Fsp3) is 0.278. The summed E-state index contributed by atoms with van der Waals surface area (Å²) in [6.45, 7) is 1.82. The smallest absolute Gasteiger partial charge is 0.271 e. The van der Waals surface area contributed by atoms with E-state index in [0.717, 1.165) is 5.56 Å². The number of amides is 1. The van der Waals surface area contributed by atoms with E-state index >= 15 is 0 Å². The molecule has 0 bridgehead atoms. The standard InChI is InChI=1S/C18H21N3O5/c1-12(16-10-15(25-2)7-8-17(16)26-3)20-18(22)11-19-13-5-4-6-14(9-13)21(23)24/h4-10,12,19H,11H2,1-3H3,(H,20,22)/t12-/m1/s1. The average molecular weight is 359 g/mol. The van der Waals surface area contributed by atoms with Gasteiger partial charge in [0.05, 0.1) is 31.7 Å². The van der Waals surface area contributed by atoms with Crippen LogP contribution in [0.15, 0.2) is 42.5 Å². The van der Waals surface area contributed by atoms with E-state index in [1.54, 1.807) is 44.6 Å². The lowest BCUT2D eigenvalue weighted by Crippen LogP contribution is -2.32. The lowest BCUT2D eigenvalue weighted by atomic mass is 10.1. The number of benzene rings is 2. The van der Waals surface area contributed by atoms with E-state index in [1.165, 1.54) is 12.1 Å². The van der Waals surface area contributed by atoms with Gasteiger partial charge >= 0.3 is 0 Å². The molecule has 0 fully saturated rings. The Kier molecular flexibility index (Phi) is 6.37. The molecule has 0 saturated heterocycles. The minimum absolute atomic E-state index is 0.0161. The highest BCUT2D eigenvalue weighted by Gasteiger charge is 2.15. The van der Waals surface area contributed by atoms with Crippen molar-refractivity contribution < 1.29 is 19.2 Å². The molecule has 0 radical (unpaired) electrons. The number of nitro benzene ring substituents is 1. The van der Waals surface area contributed by atoms with E-state index in [4.69, 9.17) is 9.47 Å². The van der Waals surface area contributed by atoms with Crippen LogP contribution in [-0.4, -0.2) is 31.6 Å². The second-order valence-corrected chi connectivity index (χ2v) is 5.56. The van der Waals surface area contributed by atoms with E-state index in [-0.39, 0.29) is 24.2 Å². The van der Waals surface area contributed by atoms with Crippen LogP contribution in [0.4, 0.5) is 11.4 Å². The fourth-order valence-corrected chi connectivity index (χ4v) is 2.46. The van der Waals surface area contributed by atoms with Crippen LogP contribution >= 0.6 is 0 Å². The Balaban J connectivity index is 1.99. The highest BCUT2D eigenvalue weighted by Crippen LogP contribution is 2.29. The molecule has 0 aliphatic carbocycles. The van der Waals surface area contributed by atoms with Crippen LogP contribution in [0, 0.1) is 10.1 Å². The van der Waals surface area contributed by atoms with Crippen LogP contribution < -0.4 is 20.1 Å². The van der Waals surface area contributed by atoms with Gasteiger partial charge in [0.15, 0.2) is 0 Å². The van der Waals surface area contributed by atoms with Crippen LogP contribution in [-0.2, 0) is 4.79 Å². The molecule has 2 aromatic rings. The number of rotatable bonds is 8. The Hall–Kier alpha value is -3.29. The van der Waals surface area contributed by atoms with Crippen LogP contribution in [0.2, 0.25) is 0 Å². The minimum Gasteiger partial charge on any atom is -0.497 e. The second-order valence-electron chi connectivity index (χ2n) is 5.56. The third-order valence-corrected chi connectivity index (χ3v) is 3.79. The first-order valence-electron chi connectivity index (χ1n) is 7.94. The van der Waals surface area contributed by atoms with Crippen molar-refractivity contribution in [3.05, 3.63) is 58.1 Å². The summed E-state index contributed by atoms with van der Waals surface area (Å²) in [5, 5.41) is 16.5. The largest absolute Gasteiger partial charge is 0.497 e. The topological polar surface area (TPSA) is 103 Å². The summed E-state index contributed by atoms with van der Waals surface area (Å²) in [5.74, 6) is 1.05. The van der Waals surface area contributed by atoms with E-state index in [9.17, 15) is 14.9 Å². The second kappa shape index (κ2) is 8.70. The number of non-ortho nitro benzene ring substituents is 1. The summed E-state index contributed by atoms with van der Waals surface area (Å²) in [7, 11) is 3.13. The van der Waals surface area contributed by atoms with E-state index in [0.29, 0.717) is 17.2 Å². The number of hydrogen-bond acceptors (Lipinski definition) is 6. The Morgan fingerprint density at radius 3 is 2.62 bits per heavy atom. The Morgan fingerprint density at radius 1 is 1.19 bits per heavy atom. The zero-order valence-electron chi connectivity index (χ0n) is 14.8. The molecule has 8 heteroatoms. The third-order valence-electron chi connectivity index (χ3n) is 3.79. The molecule has 26 heavy (non-hydrogen) atoms. The highest BCUT2D eigenvalue weighted by atomic mass is 16.6. The predicted molar refractivity (Wildman–Crippen MR) is 97.7 cm³/mol. The molecule has 0 saturated carbocycles. The number of carbonyl (C=O) groups excluding carboxylic acids is 1. The Morgan fingerprint density at radius 2 is 1.96 bits per heavy atom. The molecule has 138 valence electrons. The van der Waals surface area contributed by atoms with Gasteiger partial charge in [0.25, 0.3) is 5.69 Å². The van der Waals surface area contributed by atoms with Gasteiger partial charge in [-0.1, -0.05) is 6.07 Å². The van der Waals surface area contributed by atoms with E-state index in [2.05, 4.69) is 10.6 Å². The molecule has 0 spiro atoms. The van der Waals surface area contributed by atoms with Crippen molar-refractivity contribution in [2.75, 3.05) is 26.1 Å². The lowest BCUT2D eigenvalue weighted by molar-refractivity contribution is -0.384. The quantitative estimate of drug-likeness (QED) is 0.555. The molecule has 2 N–H and O–H groups in total. The SMILES string of the molecule is COc1ccc(OC)c([C@@H](C)NC(=O)CNc2cccc([N+](=O)[O-])c2)c1. The van der Waals surface area contributed by atoms with E-state index in [1.807, 2.05) is 6.92 Å². The highest BCUT2D eigenvalue weighted by molar-refractivity contribution is 5.81. The van der Waals surface area contributed by atoms with Gasteiger partial charge in [-0.2, -0.15) is 0 Å². The lowest BCUT2D eigenvalue weighted by Gasteiger charge is -2.18. The van der Waals surface area contributed by atoms with Crippen molar-refractivity contribution in [3.63, 3.8) is 0 Å². The summed E-state index contributed by atoms with van der Waals surface area (Å²) in [6.07, 6.45) is 0. The summed E-state index contributed by atoms with van der Waals surface area (Å²) >= 11 is 0. The molecule has 8 nitrogen and oxygen atoms in total. The van der Waals surface area contributed by atoms with Crippen LogP contribution in [0.5, 0.6) is 11.5 Å². The number of nitrogens with zero attached hydrogens (tertiary/aromatic N) is 1. The zero-order chi connectivity index (χ0) is 19.1. The number of hydrogen-bond donors (Lipinski definition) is 2. The molecule has 0 aliphatic heterocycles. The van der Waals surface area contributed by atoms with Gasteiger partial charge in [-0.25, -0.2) is 0 Å². The van der Waals surface area contributed by atoms with Gasteiger partial charge in [-0.05, 0) is 31.2 Å². The van der Waals surface area contributed by atoms with Crippen molar-refractivity contribution in [2.45, 2.75) is 13.0 Å². The van der Waals surface area contributed by atoms with Gasteiger partial charge in [0, 0.05) is 23.4 Å².